The second-order valence-electron chi connectivity index (χ2n) is 6.85. The molecule has 1 aliphatic heterocycles. The summed E-state index contributed by atoms with van der Waals surface area (Å²) in [6.45, 7) is 0. The molecule has 0 aliphatic carbocycles. The van der Waals surface area contributed by atoms with E-state index in [1.807, 2.05) is 0 Å². The molecule has 1 saturated heterocycles. The van der Waals surface area contributed by atoms with E-state index in [0.29, 0.717) is 5.56 Å². The lowest BCUT2D eigenvalue weighted by molar-refractivity contribution is -0.164. The van der Waals surface area contributed by atoms with Crippen molar-refractivity contribution in [2.45, 2.75) is 37.5 Å². The number of carbonyl (C=O) groups is 4. The second kappa shape index (κ2) is 12.0. The second-order valence-corrected chi connectivity index (χ2v) is 6.85. The Morgan fingerprint density at radius 1 is 0.909 bits per heavy atom. The van der Waals surface area contributed by atoms with Crippen molar-refractivity contribution in [3.05, 3.63) is 35.9 Å². The third kappa shape index (κ3) is 8.12. The van der Waals surface area contributed by atoms with Crippen LogP contribution in [0.15, 0.2) is 24.8 Å². The van der Waals surface area contributed by atoms with Crippen LogP contribution in [0.25, 0.3) is 0 Å². The molecule has 2 N–H and O–H groups in total. The molecular weight excluding hydrogens is 440 g/mol. The topological polar surface area (TPSA) is 188 Å². The minimum absolute atomic E-state index is 0.151. The fraction of sp³-hybridized carbons (Fsp3) is 0.400. The maximum absolute atomic E-state index is 11.1. The predicted molar refractivity (Wildman–Crippen MR) is 107 cm³/mol. The van der Waals surface area contributed by atoms with Gasteiger partial charge < -0.3 is 24.4 Å². The van der Waals surface area contributed by atoms with Crippen LogP contribution in [-0.4, -0.2) is 68.2 Å². The van der Waals surface area contributed by atoms with Crippen LogP contribution in [0.5, 0.6) is 12.0 Å². The monoisotopic (exact) mass is 462 g/mol. The van der Waals surface area contributed by atoms with E-state index in [0.717, 1.165) is 5.56 Å². The molecule has 3 rings (SSSR count). The molecular formula is C20H22N4O9. The zero-order valence-electron chi connectivity index (χ0n) is 17.8. The lowest BCUT2D eigenvalue weighted by Crippen LogP contribution is -2.24. The highest BCUT2D eigenvalue weighted by atomic mass is 16.6. The van der Waals surface area contributed by atoms with E-state index in [4.69, 9.17) is 19.7 Å². The molecule has 2 aromatic heterocycles. The molecule has 0 aromatic carbocycles. The average Bonchev–Trinajstić information content (AvgIpc) is 2.78. The molecule has 0 spiro atoms. The summed E-state index contributed by atoms with van der Waals surface area (Å²) in [5, 5.41) is 17.4. The van der Waals surface area contributed by atoms with E-state index in [-0.39, 0.29) is 43.6 Å². The van der Waals surface area contributed by atoms with E-state index in [1.165, 1.54) is 26.6 Å². The minimum Gasteiger partial charge on any atom is -0.481 e. The summed E-state index contributed by atoms with van der Waals surface area (Å²) in [6, 6.07) is 0.409. The summed E-state index contributed by atoms with van der Waals surface area (Å²) >= 11 is 0. The summed E-state index contributed by atoms with van der Waals surface area (Å²) in [5.41, 5.74) is 1.21. The van der Waals surface area contributed by atoms with Crippen molar-refractivity contribution < 1.29 is 43.6 Å². The molecule has 2 aromatic rings. The molecule has 0 bridgehead atoms. The maximum Gasteiger partial charge on any atom is 0.316 e. The zero-order valence-corrected chi connectivity index (χ0v) is 17.8. The molecule has 0 radical (unpaired) electrons. The van der Waals surface area contributed by atoms with Gasteiger partial charge >= 0.3 is 35.9 Å². The summed E-state index contributed by atoms with van der Waals surface area (Å²) in [6.07, 6.45) is 5.68. The SMILES string of the molecule is COc1ncc(C(CC(=O)O)CC(=O)O)cn1.COc1ncc(C2CC(=O)OC(=O)C2)cn1. The Balaban J connectivity index is 0.000000234. The number of ether oxygens (including phenoxy) is 3. The first-order valence-electron chi connectivity index (χ1n) is 9.60. The van der Waals surface area contributed by atoms with Gasteiger partial charge in [0.1, 0.15) is 0 Å². The van der Waals surface area contributed by atoms with Crippen molar-refractivity contribution in [1.82, 2.24) is 19.9 Å². The lowest BCUT2D eigenvalue weighted by atomic mass is 9.93. The number of carboxylic acids is 2. The van der Waals surface area contributed by atoms with Crippen LogP contribution in [0.1, 0.15) is 48.6 Å². The van der Waals surface area contributed by atoms with Crippen molar-refractivity contribution in [3.8, 4) is 12.0 Å². The van der Waals surface area contributed by atoms with Crippen LogP contribution in [0.3, 0.4) is 0 Å². The van der Waals surface area contributed by atoms with Crippen LogP contribution in [-0.2, 0) is 23.9 Å². The van der Waals surface area contributed by atoms with Gasteiger partial charge in [-0.3, -0.25) is 19.2 Å². The molecule has 0 amide bonds. The van der Waals surface area contributed by atoms with Crippen molar-refractivity contribution in [1.29, 1.82) is 0 Å². The van der Waals surface area contributed by atoms with Gasteiger partial charge in [-0.05, 0) is 11.1 Å². The number of aromatic nitrogens is 4. The van der Waals surface area contributed by atoms with Gasteiger partial charge in [-0.25, -0.2) is 19.9 Å². The van der Waals surface area contributed by atoms with Crippen LogP contribution < -0.4 is 9.47 Å². The number of cyclic esters (lactones) is 2. The average molecular weight is 462 g/mol. The Morgan fingerprint density at radius 2 is 1.33 bits per heavy atom. The molecule has 1 aliphatic rings. The number of rotatable bonds is 8. The summed E-state index contributed by atoms with van der Waals surface area (Å²) in [7, 11) is 2.87. The Bertz CT molecular complexity index is 948. The number of hydrogen-bond donors (Lipinski definition) is 2. The van der Waals surface area contributed by atoms with E-state index in [9.17, 15) is 19.2 Å². The maximum atomic E-state index is 11.1. The van der Waals surface area contributed by atoms with Crippen LogP contribution in [0.2, 0.25) is 0 Å². The highest BCUT2D eigenvalue weighted by Crippen LogP contribution is 2.27. The first kappa shape index (κ1) is 25.1. The van der Waals surface area contributed by atoms with Gasteiger partial charge in [0.25, 0.3) is 0 Å². The predicted octanol–water partition coefficient (Wildman–Crippen LogP) is 0.951. The first-order chi connectivity index (χ1) is 15.7. The van der Waals surface area contributed by atoms with Crippen LogP contribution in [0.4, 0.5) is 0 Å². The van der Waals surface area contributed by atoms with Crippen molar-refractivity contribution in [2.24, 2.45) is 0 Å². The minimum atomic E-state index is -1.06. The van der Waals surface area contributed by atoms with Gasteiger partial charge in [0, 0.05) is 36.6 Å². The molecule has 3 heterocycles. The van der Waals surface area contributed by atoms with Gasteiger partial charge in [0.2, 0.25) is 0 Å². The summed E-state index contributed by atoms with van der Waals surface area (Å²) < 4.78 is 14.0. The molecule has 0 saturated carbocycles. The zero-order chi connectivity index (χ0) is 24.4. The fourth-order valence-electron chi connectivity index (χ4n) is 2.93. The molecule has 13 nitrogen and oxygen atoms in total. The first-order valence-corrected chi connectivity index (χ1v) is 9.60. The molecule has 1 fully saturated rings. The molecule has 33 heavy (non-hydrogen) atoms. The number of aliphatic carboxylic acids is 2. The van der Waals surface area contributed by atoms with E-state index in [2.05, 4.69) is 24.7 Å². The summed E-state index contributed by atoms with van der Waals surface area (Å²) in [5.74, 6) is -3.97. The number of esters is 2. The largest absolute Gasteiger partial charge is 0.481 e. The van der Waals surface area contributed by atoms with Crippen molar-refractivity contribution in [2.75, 3.05) is 14.2 Å². The smallest absolute Gasteiger partial charge is 0.316 e. The van der Waals surface area contributed by atoms with Crippen molar-refractivity contribution >= 4 is 23.9 Å². The van der Waals surface area contributed by atoms with Gasteiger partial charge in [-0.15, -0.1) is 0 Å². The Labute approximate surface area is 187 Å². The summed E-state index contributed by atoms with van der Waals surface area (Å²) in [4.78, 5) is 58.9. The number of nitrogens with zero attached hydrogens (tertiary/aromatic N) is 4. The number of carbonyl (C=O) groups excluding carboxylic acids is 2. The Morgan fingerprint density at radius 3 is 1.73 bits per heavy atom. The number of hydrogen-bond acceptors (Lipinski definition) is 11. The molecule has 0 atom stereocenters. The fourth-order valence-corrected chi connectivity index (χ4v) is 2.93. The van der Waals surface area contributed by atoms with E-state index in [1.54, 1.807) is 12.4 Å². The third-order valence-corrected chi connectivity index (χ3v) is 4.50. The molecule has 176 valence electrons. The molecule has 0 unspecified atom stereocenters. The highest BCUT2D eigenvalue weighted by Gasteiger charge is 2.28. The third-order valence-electron chi connectivity index (χ3n) is 4.50. The van der Waals surface area contributed by atoms with E-state index < -0.39 is 29.8 Å². The number of methoxy groups -OCH3 is 2. The van der Waals surface area contributed by atoms with Gasteiger partial charge in [0.15, 0.2) is 0 Å². The Kier molecular flexibility index (Phi) is 9.15. The highest BCUT2D eigenvalue weighted by molar-refractivity contribution is 5.89. The van der Waals surface area contributed by atoms with E-state index >= 15 is 0 Å². The van der Waals surface area contributed by atoms with Gasteiger partial charge in [0.05, 0.1) is 39.9 Å². The van der Waals surface area contributed by atoms with Gasteiger partial charge in [-0.2, -0.15) is 0 Å². The van der Waals surface area contributed by atoms with Crippen molar-refractivity contribution in [3.63, 3.8) is 0 Å². The van der Waals surface area contributed by atoms with Crippen LogP contribution in [0, 0.1) is 0 Å². The Hall–Kier alpha value is -4.16. The standard InChI is InChI=1S/C10H12N2O5.C10H10N2O4/c1-17-10-11-4-7(5-12-10)6(2-8(13)14)3-9(15)16;1-15-10-11-4-7(5-12-10)6-2-8(13)16-9(14)3-6/h4-6H,2-3H2,1H3,(H,13,14)(H,15,16);4-6H,2-3H2,1H3. The van der Waals surface area contributed by atoms with Crippen LogP contribution >= 0.6 is 0 Å². The lowest BCUT2D eigenvalue weighted by Gasteiger charge is -2.19. The molecule has 13 heteroatoms. The van der Waals surface area contributed by atoms with Gasteiger partial charge in [-0.1, -0.05) is 0 Å². The normalized spacial score (nSPS) is 13.5. The quantitative estimate of drug-likeness (QED) is 0.417. The number of carboxylic acid groups (broad SMARTS) is 2.